The van der Waals surface area contributed by atoms with Crippen molar-refractivity contribution < 1.29 is 8.42 Å². The molecule has 0 bridgehead atoms. The highest BCUT2D eigenvalue weighted by Crippen LogP contribution is 2.25. The second-order valence-corrected chi connectivity index (χ2v) is 9.02. The number of benzene rings is 1. The third-order valence-electron chi connectivity index (χ3n) is 3.57. The molecule has 1 aromatic rings. The molecule has 0 amide bonds. The third-order valence-corrected chi connectivity index (χ3v) is 7.02. The van der Waals surface area contributed by atoms with Gasteiger partial charge in [-0.15, -0.1) is 0 Å². The number of hydrogen-bond donors (Lipinski definition) is 2. The van der Waals surface area contributed by atoms with Gasteiger partial charge >= 0.3 is 0 Å². The molecule has 2 N–H and O–H groups in total. The van der Waals surface area contributed by atoms with E-state index >= 15 is 0 Å². The number of thioether (sulfide) groups is 1. The molecule has 0 radical (unpaired) electrons. The van der Waals surface area contributed by atoms with Crippen LogP contribution in [-0.4, -0.2) is 33.5 Å². The highest BCUT2D eigenvalue weighted by molar-refractivity contribution is 9.10. The van der Waals surface area contributed by atoms with Gasteiger partial charge in [0.25, 0.3) is 0 Å². The Morgan fingerprint density at radius 2 is 2.05 bits per heavy atom. The molecule has 118 valence electrons. The topological polar surface area (TPSA) is 58.2 Å². The van der Waals surface area contributed by atoms with Gasteiger partial charge in [0.15, 0.2) is 0 Å². The van der Waals surface area contributed by atoms with Crippen molar-refractivity contribution in [3.63, 3.8) is 0 Å². The van der Waals surface area contributed by atoms with Crippen LogP contribution in [0.5, 0.6) is 0 Å². The summed E-state index contributed by atoms with van der Waals surface area (Å²) < 4.78 is 28.2. The fraction of sp³-hybridized carbons (Fsp3) is 0.571. The summed E-state index contributed by atoms with van der Waals surface area (Å²) in [5, 5.41) is 3.05. The summed E-state index contributed by atoms with van der Waals surface area (Å²) >= 11 is 5.32. The van der Waals surface area contributed by atoms with E-state index in [4.69, 9.17) is 0 Å². The molecule has 1 aromatic carbocycles. The van der Waals surface area contributed by atoms with Gasteiger partial charge in [-0.25, -0.2) is 13.1 Å². The average Bonchev–Trinajstić information content (AvgIpc) is 2.46. The zero-order valence-corrected chi connectivity index (χ0v) is 15.3. The van der Waals surface area contributed by atoms with E-state index in [1.165, 1.54) is 0 Å². The predicted molar refractivity (Wildman–Crippen MR) is 92.1 cm³/mol. The lowest BCUT2D eigenvalue weighted by Crippen LogP contribution is -2.31. The summed E-state index contributed by atoms with van der Waals surface area (Å²) in [6, 6.07) is 5.35. The Morgan fingerprint density at radius 3 is 2.67 bits per heavy atom. The third kappa shape index (κ3) is 4.96. The number of hydrogen-bond acceptors (Lipinski definition) is 4. The van der Waals surface area contributed by atoms with Crippen molar-refractivity contribution in [2.75, 3.05) is 25.1 Å². The highest BCUT2D eigenvalue weighted by Gasteiger charge is 2.21. The minimum absolute atomic E-state index is 0.313. The van der Waals surface area contributed by atoms with Crippen molar-refractivity contribution in [1.82, 2.24) is 10.0 Å². The van der Waals surface area contributed by atoms with Gasteiger partial charge in [0.1, 0.15) is 0 Å². The van der Waals surface area contributed by atoms with Crippen LogP contribution in [0.25, 0.3) is 0 Å². The van der Waals surface area contributed by atoms with Crippen LogP contribution in [0.15, 0.2) is 27.6 Å². The minimum Gasteiger partial charge on any atom is -0.316 e. The van der Waals surface area contributed by atoms with Gasteiger partial charge in [-0.05, 0) is 70.9 Å². The van der Waals surface area contributed by atoms with Crippen molar-refractivity contribution in [3.05, 3.63) is 28.2 Å². The van der Waals surface area contributed by atoms with Gasteiger partial charge in [-0.2, -0.15) is 11.8 Å². The highest BCUT2D eigenvalue weighted by atomic mass is 79.9. The second kappa shape index (κ2) is 7.97. The maximum absolute atomic E-state index is 12.4. The molecule has 0 unspecified atom stereocenters. The first-order valence-corrected chi connectivity index (χ1v) is 10.5. The van der Waals surface area contributed by atoms with Crippen LogP contribution in [-0.2, 0) is 16.6 Å². The smallest absolute Gasteiger partial charge is 0.241 e. The van der Waals surface area contributed by atoms with Gasteiger partial charge < -0.3 is 5.32 Å². The molecule has 0 aromatic heterocycles. The van der Waals surface area contributed by atoms with Gasteiger partial charge in [0, 0.05) is 17.6 Å². The standard InChI is InChI=1S/C14H21BrN2O2S2/c1-16-9-12-2-3-14(13(15)8-12)21(18,19)17-10-11-4-6-20-7-5-11/h2-3,8,11,16-17H,4-7,9-10H2,1H3. The number of nitrogens with one attached hydrogen (secondary N) is 2. The average molecular weight is 393 g/mol. The SMILES string of the molecule is CNCc1ccc(S(=O)(=O)NCC2CCSCC2)c(Br)c1. The first-order valence-electron chi connectivity index (χ1n) is 7.03. The van der Waals surface area contributed by atoms with E-state index in [0.29, 0.717) is 28.4 Å². The van der Waals surface area contributed by atoms with E-state index in [1.807, 2.05) is 30.9 Å². The number of halogens is 1. The Hall–Kier alpha value is -0.0800. The van der Waals surface area contributed by atoms with Crippen molar-refractivity contribution in [3.8, 4) is 0 Å². The van der Waals surface area contributed by atoms with E-state index in [2.05, 4.69) is 26.0 Å². The van der Waals surface area contributed by atoms with Crippen LogP contribution >= 0.6 is 27.7 Å². The molecule has 0 atom stereocenters. The Balaban J connectivity index is 2.04. The lowest BCUT2D eigenvalue weighted by atomic mass is 10.0. The van der Waals surface area contributed by atoms with E-state index in [-0.39, 0.29) is 0 Å². The van der Waals surface area contributed by atoms with Gasteiger partial charge in [0.05, 0.1) is 4.90 Å². The maximum atomic E-state index is 12.4. The molecule has 7 heteroatoms. The van der Waals surface area contributed by atoms with Crippen LogP contribution in [0.2, 0.25) is 0 Å². The van der Waals surface area contributed by atoms with Crippen molar-refractivity contribution in [2.24, 2.45) is 5.92 Å². The van der Waals surface area contributed by atoms with Crippen LogP contribution in [0.4, 0.5) is 0 Å². The molecule has 21 heavy (non-hydrogen) atoms. The molecule has 1 aliphatic rings. The molecule has 0 spiro atoms. The molecular formula is C14H21BrN2O2S2. The molecule has 4 nitrogen and oxygen atoms in total. The van der Waals surface area contributed by atoms with E-state index in [1.54, 1.807) is 6.07 Å². The molecule has 1 fully saturated rings. The zero-order chi connectivity index (χ0) is 15.3. The summed E-state index contributed by atoms with van der Waals surface area (Å²) in [5.74, 6) is 2.73. The molecular weight excluding hydrogens is 372 g/mol. The normalized spacial score (nSPS) is 17.0. The molecule has 2 rings (SSSR count). The van der Waals surface area contributed by atoms with E-state index < -0.39 is 10.0 Å². The minimum atomic E-state index is -3.45. The van der Waals surface area contributed by atoms with E-state index in [9.17, 15) is 8.42 Å². The fourth-order valence-electron chi connectivity index (χ4n) is 2.33. The lowest BCUT2D eigenvalue weighted by Gasteiger charge is -2.21. The predicted octanol–water partition coefficient (Wildman–Crippen LogP) is 2.59. The quantitative estimate of drug-likeness (QED) is 0.780. The second-order valence-electron chi connectivity index (χ2n) is 5.20. The number of sulfonamides is 1. The first-order chi connectivity index (χ1) is 10.0. The molecule has 1 aliphatic heterocycles. The molecule has 1 saturated heterocycles. The van der Waals surface area contributed by atoms with Crippen LogP contribution < -0.4 is 10.0 Å². The Morgan fingerprint density at radius 1 is 1.33 bits per heavy atom. The first kappa shape index (κ1) is 17.3. The summed E-state index contributed by atoms with van der Waals surface area (Å²) in [7, 11) is -1.58. The van der Waals surface area contributed by atoms with Crippen molar-refractivity contribution in [1.29, 1.82) is 0 Å². The zero-order valence-electron chi connectivity index (χ0n) is 12.1. The maximum Gasteiger partial charge on any atom is 0.241 e. The monoisotopic (exact) mass is 392 g/mol. The van der Waals surface area contributed by atoms with Crippen LogP contribution in [0.1, 0.15) is 18.4 Å². The molecule has 0 saturated carbocycles. The largest absolute Gasteiger partial charge is 0.316 e. The molecule has 0 aliphatic carbocycles. The van der Waals surface area contributed by atoms with Crippen molar-refractivity contribution >= 4 is 37.7 Å². The van der Waals surface area contributed by atoms with Crippen LogP contribution in [0.3, 0.4) is 0 Å². The summed E-state index contributed by atoms with van der Waals surface area (Å²) in [6.45, 7) is 1.25. The summed E-state index contributed by atoms with van der Waals surface area (Å²) in [4.78, 5) is 0.313. The summed E-state index contributed by atoms with van der Waals surface area (Å²) in [6.07, 6.45) is 2.19. The van der Waals surface area contributed by atoms with E-state index in [0.717, 1.165) is 29.9 Å². The van der Waals surface area contributed by atoms with Gasteiger partial charge in [-0.1, -0.05) is 6.07 Å². The van der Waals surface area contributed by atoms with Crippen molar-refractivity contribution in [2.45, 2.75) is 24.3 Å². The lowest BCUT2D eigenvalue weighted by molar-refractivity contribution is 0.476. The fourth-order valence-corrected chi connectivity index (χ4v) is 5.78. The van der Waals surface area contributed by atoms with Gasteiger partial charge in [-0.3, -0.25) is 0 Å². The number of rotatable bonds is 6. The van der Waals surface area contributed by atoms with Gasteiger partial charge in [0.2, 0.25) is 10.0 Å². The Labute approximate surface area is 139 Å². The Bertz CT molecular complexity index is 572. The summed E-state index contributed by atoms with van der Waals surface area (Å²) in [5.41, 5.74) is 1.05. The van der Waals surface area contributed by atoms with Crippen LogP contribution in [0, 0.1) is 5.92 Å². The Kier molecular flexibility index (Phi) is 6.55. The molecule has 1 heterocycles.